The molecule has 1 heterocycles. The molecule has 1 aromatic rings. The number of thioether (sulfide) groups is 1. The van der Waals surface area contributed by atoms with Crippen LogP contribution in [0.3, 0.4) is 0 Å². The Bertz CT molecular complexity index is 603. The molecular formula is C19H27FN2O3S. The average Bonchev–Trinajstić information content (AvgIpc) is 2.64. The second-order valence-electron chi connectivity index (χ2n) is 6.68. The van der Waals surface area contributed by atoms with Crippen molar-refractivity contribution in [3.05, 3.63) is 30.1 Å². The predicted octanol–water partition coefficient (Wildman–Crippen LogP) is 2.95. The van der Waals surface area contributed by atoms with E-state index in [9.17, 15) is 14.0 Å². The molecule has 1 aliphatic heterocycles. The zero-order chi connectivity index (χ0) is 19.1. The van der Waals surface area contributed by atoms with Crippen molar-refractivity contribution in [1.82, 2.24) is 9.80 Å². The quantitative estimate of drug-likeness (QED) is 0.701. The molecule has 7 heteroatoms. The van der Waals surface area contributed by atoms with E-state index >= 15 is 0 Å². The molecule has 26 heavy (non-hydrogen) atoms. The van der Waals surface area contributed by atoms with E-state index in [0.717, 1.165) is 17.7 Å². The maximum Gasteiger partial charge on any atom is 0.317 e. The van der Waals surface area contributed by atoms with Crippen molar-refractivity contribution >= 4 is 23.6 Å². The Hall–Kier alpha value is -1.60. The number of benzene rings is 1. The van der Waals surface area contributed by atoms with Gasteiger partial charge in [-0.1, -0.05) is 13.8 Å². The Balaban J connectivity index is 1.79. The van der Waals surface area contributed by atoms with Crippen LogP contribution < -0.4 is 0 Å². The van der Waals surface area contributed by atoms with Crippen LogP contribution in [-0.2, 0) is 9.59 Å². The van der Waals surface area contributed by atoms with Crippen molar-refractivity contribution in [1.29, 1.82) is 0 Å². The van der Waals surface area contributed by atoms with Crippen molar-refractivity contribution < 1.29 is 19.1 Å². The smallest absolute Gasteiger partial charge is 0.317 e. The molecule has 1 amide bonds. The summed E-state index contributed by atoms with van der Waals surface area (Å²) in [5, 5.41) is 9.00. The van der Waals surface area contributed by atoms with Crippen LogP contribution in [0, 0.1) is 11.7 Å². The van der Waals surface area contributed by atoms with Gasteiger partial charge in [-0.3, -0.25) is 14.5 Å². The maximum atomic E-state index is 12.9. The van der Waals surface area contributed by atoms with Gasteiger partial charge in [0.05, 0.1) is 6.54 Å². The van der Waals surface area contributed by atoms with Gasteiger partial charge in [-0.2, -0.15) is 0 Å². The Morgan fingerprint density at radius 2 is 1.92 bits per heavy atom. The SMILES string of the molecule is CCN(CC(=O)O)C1CCN(C(=O)C(C)CSc2ccc(F)cc2)CC1. The first-order valence-corrected chi connectivity index (χ1v) is 10.0. The molecule has 0 radical (unpaired) electrons. The molecule has 1 aliphatic rings. The first-order chi connectivity index (χ1) is 12.4. The zero-order valence-corrected chi connectivity index (χ0v) is 16.2. The van der Waals surface area contributed by atoms with Crippen LogP contribution in [0.4, 0.5) is 4.39 Å². The molecule has 1 fully saturated rings. The molecule has 1 unspecified atom stereocenters. The summed E-state index contributed by atoms with van der Waals surface area (Å²) in [6, 6.07) is 6.53. The van der Waals surface area contributed by atoms with Gasteiger partial charge in [-0.25, -0.2) is 4.39 Å². The summed E-state index contributed by atoms with van der Waals surface area (Å²) in [4.78, 5) is 28.4. The number of aliphatic carboxylic acids is 1. The molecule has 0 aliphatic carbocycles. The number of nitrogens with zero attached hydrogens (tertiary/aromatic N) is 2. The zero-order valence-electron chi connectivity index (χ0n) is 15.4. The number of likely N-dealkylation sites (N-methyl/N-ethyl adjacent to an activating group) is 1. The van der Waals surface area contributed by atoms with Crippen LogP contribution in [-0.4, -0.2) is 64.8 Å². The van der Waals surface area contributed by atoms with Gasteiger partial charge in [0.15, 0.2) is 0 Å². The standard InChI is InChI=1S/C19H27FN2O3S/c1-3-21(12-18(23)24)16-8-10-22(11-9-16)19(25)14(2)13-26-17-6-4-15(20)5-7-17/h4-7,14,16H,3,8-13H2,1-2H3,(H,23,24). The molecule has 1 N–H and O–H groups in total. The number of carbonyl (C=O) groups is 2. The van der Waals surface area contributed by atoms with E-state index in [1.54, 1.807) is 23.9 Å². The largest absolute Gasteiger partial charge is 0.480 e. The van der Waals surface area contributed by atoms with Gasteiger partial charge < -0.3 is 10.0 Å². The predicted molar refractivity (Wildman–Crippen MR) is 101 cm³/mol. The number of halogens is 1. The summed E-state index contributed by atoms with van der Waals surface area (Å²) in [5.74, 6) is -0.380. The number of hydrogen-bond acceptors (Lipinski definition) is 4. The molecule has 2 rings (SSSR count). The fourth-order valence-corrected chi connectivity index (χ4v) is 4.17. The molecule has 0 bridgehead atoms. The molecule has 144 valence electrons. The number of hydrogen-bond donors (Lipinski definition) is 1. The van der Waals surface area contributed by atoms with Crippen LogP contribution in [0.15, 0.2) is 29.2 Å². The van der Waals surface area contributed by atoms with Crippen LogP contribution in [0.2, 0.25) is 0 Å². The monoisotopic (exact) mass is 382 g/mol. The normalized spacial score (nSPS) is 16.7. The highest BCUT2D eigenvalue weighted by Gasteiger charge is 2.29. The first kappa shape index (κ1) is 20.7. The Morgan fingerprint density at radius 3 is 2.46 bits per heavy atom. The third-order valence-corrected chi connectivity index (χ3v) is 6.04. The number of carboxylic acid groups (broad SMARTS) is 1. The van der Waals surface area contributed by atoms with E-state index in [0.29, 0.717) is 25.4 Å². The number of likely N-dealkylation sites (tertiary alicyclic amines) is 1. The topological polar surface area (TPSA) is 60.9 Å². The van der Waals surface area contributed by atoms with Gasteiger partial charge in [0.2, 0.25) is 5.91 Å². The molecule has 0 aromatic heterocycles. The van der Waals surface area contributed by atoms with E-state index in [4.69, 9.17) is 5.11 Å². The molecule has 1 atom stereocenters. The average molecular weight is 383 g/mol. The second kappa shape index (κ2) is 9.92. The van der Waals surface area contributed by atoms with Gasteiger partial charge in [-0.05, 0) is 43.7 Å². The third-order valence-electron chi connectivity index (χ3n) is 4.77. The molecule has 5 nitrogen and oxygen atoms in total. The highest BCUT2D eigenvalue weighted by Crippen LogP contribution is 2.23. The summed E-state index contributed by atoms with van der Waals surface area (Å²) in [5.41, 5.74) is 0. The van der Waals surface area contributed by atoms with Crippen molar-refractivity contribution in [2.45, 2.75) is 37.6 Å². The minimum absolute atomic E-state index is 0.0554. The van der Waals surface area contributed by atoms with Crippen molar-refractivity contribution in [2.75, 3.05) is 31.9 Å². The number of rotatable bonds is 8. The van der Waals surface area contributed by atoms with E-state index < -0.39 is 5.97 Å². The minimum Gasteiger partial charge on any atom is -0.480 e. The number of piperidine rings is 1. The Morgan fingerprint density at radius 1 is 1.31 bits per heavy atom. The van der Waals surface area contributed by atoms with Gasteiger partial charge in [0.1, 0.15) is 5.82 Å². The van der Waals surface area contributed by atoms with Crippen LogP contribution in [0.1, 0.15) is 26.7 Å². The summed E-state index contributed by atoms with van der Waals surface area (Å²) < 4.78 is 12.9. The molecule has 1 saturated heterocycles. The van der Waals surface area contributed by atoms with E-state index in [1.165, 1.54) is 12.1 Å². The van der Waals surface area contributed by atoms with Crippen LogP contribution in [0.5, 0.6) is 0 Å². The number of amides is 1. The van der Waals surface area contributed by atoms with E-state index in [2.05, 4.69) is 0 Å². The maximum absolute atomic E-state index is 12.9. The Kier molecular flexibility index (Phi) is 7.90. The lowest BCUT2D eigenvalue weighted by Crippen LogP contribution is -2.49. The van der Waals surface area contributed by atoms with E-state index in [-0.39, 0.29) is 30.2 Å². The highest BCUT2D eigenvalue weighted by molar-refractivity contribution is 7.99. The fraction of sp³-hybridized carbons (Fsp3) is 0.579. The highest BCUT2D eigenvalue weighted by atomic mass is 32.2. The Labute approximate surface area is 158 Å². The summed E-state index contributed by atoms with van der Waals surface area (Å²) in [6.45, 7) is 5.99. The molecular weight excluding hydrogens is 355 g/mol. The summed E-state index contributed by atoms with van der Waals surface area (Å²) in [6.07, 6.45) is 1.62. The molecule has 0 spiro atoms. The fourth-order valence-electron chi connectivity index (χ4n) is 3.26. The second-order valence-corrected chi connectivity index (χ2v) is 7.77. The van der Waals surface area contributed by atoms with Gasteiger partial charge >= 0.3 is 5.97 Å². The lowest BCUT2D eigenvalue weighted by atomic mass is 10.0. The van der Waals surface area contributed by atoms with Crippen molar-refractivity contribution in [2.24, 2.45) is 5.92 Å². The lowest BCUT2D eigenvalue weighted by Gasteiger charge is -2.38. The minimum atomic E-state index is -0.809. The first-order valence-electron chi connectivity index (χ1n) is 9.03. The third kappa shape index (κ3) is 5.99. The number of carboxylic acids is 1. The van der Waals surface area contributed by atoms with Gasteiger partial charge in [0.25, 0.3) is 0 Å². The summed E-state index contributed by atoms with van der Waals surface area (Å²) >= 11 is 1.56. The van der Waals surface area contributed by atoms with Crippen LogP contribution in [0.25, 0.3) is 0 Å². The lowest BCUT2D eigenvalue weighted by molar-refractivity contribution is -0.140. The van der Waals surface area contributed by atoms with E-state index in [1.807, 2.05) is 23.6 Å². The molecule has 1 aromatic carbocycles. The number of carbonyl (C=O) groups excluding carboxylic acids is 1. The summed E-state index contributed by atoms with van der Waals surface area (Å²) in [7, 11) is 0. The van der Waals surface area contributed by atoms with Crippen LogP contribution >= 0.6 is 11.8 Å². The van der Waals surface area contributed by atoms with Gasteiger partial charge in [0, 0.05) is 35.7 Å². The van der Waals surface area contributed by atoms with Gasteiger partial charge in [-0.15, -0.1) is 11.8 Å². The molecule has 0 saturated carbocycles. The van der Waals surface area contributed by atoms with Crippen molar-refractivity contribution in [3.63, 3.8) is 0 Å². The van der Waals surface area contributed by atoms with Crippen molar-refractivity contribution in [3.8, 4) is 0 Å².